The van der Waals surface area contributed by atoms with Crippen molar-refractivity contribution in [2.75, 3.05) is 29.5 Å². The fraction of sp³-hybridized carbons (Fsp3) is 0.259. The first-order chi connectivity index (χ1) is 15.5. The minimum absolute atomic E-state index is 0.0244. The standard InChI is InChI=1S/C27H28N2O3/c1-20-10-8-13-23(18-20)32-17-9-16-28-24-14-6-7-15-25(24)29(19-21(2)26(28)30)27(31)22-11-4-3-5-12-22/h3-8,10-15,18,21H,9,16-17,19H2,1-2H3. The number of fused-ring (bicyclic) bond motifs is 1. The van der Waals surface area contributed by atoms with Crippen LogP contribution in [0.5, 0.6) is 5.75 Å². The van der Waals surface area contributed by atoms with Crippen LogP contribution in [0.3, 0.4) is 0 Å². The number of anilines is 2. The number of ether oxygens (including phenoxy) is 1. The second-order valence-corrected chi connectivity index (χ2v) is 8.18. The first-order valence-electron chi connectivity index (χ1n) is 11.0. The predicted octanol–water partition coefficient (Wildman–Crippen LogP) is 5.09. The monoisotopic (exact) mass is 428 g/mol. The Morgan fingerprint density at radius 2 is 1.69 bits per heavy atom. The molecule has 1 heterocycles. The van der Waals surface area contributed by atoms with Crippen LogP contribution < -0.4 is 14.5 Å². The summed E-state index contributed by atoms with van der Waals surface area (Å²) in [7, 11) is 0. The van der Waals surface area contributed by atoms with Gasteiger partial charge >= 0.3 is 0 Å². The van der Waals surface area contributed by atoms with Crippen LogP contribution in [-0.4, -0.2) is 31.5 Å². The van der Waals surface area contributed by atoms with Crippen molar-refractivity contribution in [2.45, 2.75) is 20.3 Å². The van der Waals surface area contributed by atoms with Gasteiger partial charge in [-0.2, -0.15) is 0 Å². The number of nitrogens with zero attached hydrogens (tertiary/aromatic N) is 2. The van der Waals surface area contributed by atoms with Gasteiger partial charge in [-0.15, -0.1) is 0 Å². The Bertz CT molecular complexity index is 1100. The van der Waals surface area contributed by atoms with E-state index >= 15 is 0 Å². The summed E-state index contributed by atoms with van der Waals surface area (Å²) in [5, 5.41) is 0. The molecule has 3 aromatic carbocycles. The van der Waals surface area contributed by atoms with E-state index in [1.54, 1.807) is 9.80 Å². The van der Waals surface area contributed by atoms with Crippen molar-refractivity contribution in [1.82, 2.24) is 0 Å². The highest BCUT2D eigenvalue weighted by atomic mass is 16.5. The second kappa shape index (κ2) is 9.69. The van der Waals surface area contributed by atoms with Crippen molar-refractivity contribution in [1.29, 1.82) is 0 Å². The van der Waals surface area contributed by atoms with Gasteiger partial charge < -0.3 is 14.5 Å². The first-order valence-corrected chi connectivity index (χ1v) is 11.0. The summed E-state index contributed by atoms with van der Waals surface area (Å²) in [6.07, 6.45) is 0.688. The topological polar surface area (TPSA) is 49.9 Å². The molecule has 2 amide bonds. The number of rotatable bonds is 6. The summed E-state index contributed by atoms with van der Waals surface area (Å²) in [5.74, 6) is 0.451. The van der Waals surface area contributed by atoms with Crippen LogP contribution in [0.2, 0.25) is 0 Å². The molecule has 5 nitrogen and oxygen atoms in total. The Hall–Kier alpha value is -3.60. The Labute approximate surface area is 189 Å². The van der Waals surface area contributed by atoms with E-state index in [4.69, 9.17) is 4.74 Å². The maximum atomic E-state index is 13.3. The Morgan fingerprint density at radius 3 is 2.44 bits per heavy atom. The van der Waals surface area contributed by atoms with Crippen LogP contribution in [0.4, 0.5) is 11.4 Å². The summed E-state index contributed by atoms with van der Waals surface area (Å²) in [4.78, 5) is 30.1. The molecule has 1 aliphatic heterocycles. The molecule has 0 N–H and O–H groups in total. The Kier molecular flexibility index (Phi) is 6.55. The molecule has 4 rings (SSSR count). The van der Waals surface area contributed by atoms with E-state index in [2.05, 4.69) is 0 Å². The molecule has 1 atom stereocenters. The van der Waals surface area contributed by atoms with Crippen LogP contribution >= 0.6 is 0 Å². The van der Waals surface area contributed by atoms with Gasteiger partial charge in [0.1, 0.15) is 5.75 Å². The van der Waals surface area contributed by atoms with E-state index in [1.165, 1.54) is 0 Å². The lowest BCUT2D eigenvalue weighted by Gasteiger charge is -2.25. The lowest BCUT2D eigenvalue weighted by molar-refractivity contribution is -0.121. The zero-order chi connectivity index (χ0) is 22.5. The SMILES string of the molecule is Cc1cccc(OCCCN2C(=O)C(C)CN(C(=O)c3ccccc3)c3ccccc32)c1. The molecule has 0 spiro atoms. The van der Waals surface area contributed by atoms with Crippen LogP contribution in [0.1, 0.15) is 29.3 Å². The third-order valence-electron chi connectivity index (χ3n) is 5.66. The molecular formula is C27H28N2O3. The van der Waals surface area contributed by atoms with Crippen LogP contribution in [-0.2, 0) is 4.79 Å². The van der Waals surface area contributed by atoms with Gasteiger partial charge in [0.15, 0.2) is 0 Å². The molecule has 0 aliphatic carbocycles. The van der Waals surface area contributed by atoms with Gasteiger partial charge in [-0.3, -0.25) is 9.59 Å². The van der Waals surface area contributed by atoms with Gasteiger partial charge in [-0.1, -0.05) is 49.4 Å². The summed E-state index contributed by atoms with van der Waals surface area (Å²) in [6.45, 7) is 5.30. The Morgan fingerprint density at radius 1 is 0.969 bits per heavy atom. The summed E-state index contributed by atoms with van der Waals surface area (Å²) >= 11 is 0. The van der Waals surface area contributed by atoms with E-state index in [0.717, 1.165) is 22.7 Å². The molecule has 32 heavy (non-hydrogen) atoms. The zero-order valence-electron chi connectivity index (χ0n) is 18.5. The van der Waals surface area contributed by atoms with Gasteiger partial charge in [0.25, 0.3) is 5.91 Å². The average molecular weight is 429 g/mol. The van der Waals surface area contributed by atoms with E-state index in [9.17, 15) is 9.59 Å². The van der Waals surface area contributed by atoms with E-state index in [1.807, 2.05) is 92.7 Å². The molecule has 0 aromatic heterocycles. The van der Waals surface area contributed by atoms with Crippen molar-refractivity contribution in [3.05, 3.63) is 90.0 Å². The summed E-state index contributed by atoms with van der Waals surface area (Å²) < 4.78 is 5.87. The molecule has 0 bridgehead atoms. The first kappa shape index (κ1) is 21.6. The zero-order valence-corrected chi connectivity index (χ0v) is 18.5. The van der Waals surface area contributed by atoms with E-state index < -0.39 is 0 Å². The molecule has 0 radical (unpaired) electrons. The molecule has 164 valence electrons. The molecule has 5 heteroatoms. The number of para-hydroxylation sites is 2. The predicted molar refractivity (Wildman–Crippen MR) is 127 cm³/mol. The molecule has 1 aliphatic rings. The lowest BCUT2D eigenvalue weighted by Crippen LogP contribution is -2.39. The molecule has 1 unspecified atom stereocenters. The van der Waals surface area contributed by atoms with Crippen LogP contribution in [0.25, 0.3) is 0 Å². The average Bonchev–Trinajstić information content (AvgIpc) is 2.92. The van der Waals surface area contributed by atoms with Gasteiger partial charge in [0, 0.05) is 18.7 Å². The fourth-order valence-corrected chi connectivity index (χ4v) is 4.03. The number of amides is 2. The summed E-state index contributed by atoms with van der Waals surface area (Å²) in [6, 6.07) is 24.8. The number of benzene rings is 3. The second-order valence-electron chi connectivity index (χ2n) is 8.18. The van der Waals surface area contributed by atoms with Crippen molar-refractivity contribution in [3.8, 4) is 5.75 Å². The number of carbonyl (C=O) groups is 2. The minimum atomic E-state index is -0.312. The highest BCUT2D eigenvalue weighted by Gasteiger charge is 2.33. The maximum absolute atomic E-state index is 13.3. The third kappa shape index (κ3) is 4.67. The Balaban J connectivity index is 1.54. The van der Waals surface area contributed by atoms with Crippen molar-refractivity contribution in [3.63, 3.8) is 0 Å². The molecule has 0 fully saturated rings. The highest BCUT2D eigenvalue weighted by molar-refractivity contribution is 6.11. The van der Waals surface area contributed by atoms with Crippen molar-refractivity contribution >= 4 is 23.2 Å². The van der Waals surface area contributed by atoms with Crippen molar-refractivity contribution in [2.24, 2.45) is 5.92 Å². The van der Waals surface area contributed by atoms with Gasteiger partial charge in [-0.05, 0) is 55.3 Å². The molecular weight excluding hydrogens is 400 g/mol. The third-order valence-corrected chi connectivity index (χ3v) is 5.66. The fourth-order valence-electron chi connectivity index (χ4n) is 4.03. The lowest BCUT2D eigenvalue weighted by atomic mass is 10.1. The van der Waals surface area contributed by atoms with E-state index in [-0.39, 0.29) is 17.7 Å². The molecule has 0 saturated carbocycles. The van der Waals surface area contributed by atoms with E-state index in [0.29, 0.717) is 31.7 Å². The minimum Gasteiger partial charge on any atom is -0.494 e. The van der Waals surface area contributed by atoms with Gasteiger partial charge in [-0.25, -0.2) is 0 Å². The van der Waals surface area contributed by atoms with Gasteiger partial charge in [0.05, 0.1) is 23.9 Å². The maximum Gasteiger partial charge on any atom is 0.258 e. The van der Waals surface area contributed by atoms with Crippen LogP contribution in [0.15, 0.2) is 78.9 Å². The quantitative estimate of drug-likeness (QED) is 0.514. The molecule has 3 aromatic rings. The number of aryl methyl sites for hydroxylation is 1. The number of hydrogen-bond donors (Lipinski definition) is 0. The summed E-state index contributed by atoms with van der Waals surface area (Å²) in [5.41, 5.74) is 3.29. The highest BCUT2D eigenvalue weighted by Crippen LogP contribution is 2.35. The largest absolute Gasteiger partial charge is 0.494 e. The number of hydrogen-bond acceptors (Lipinski definition) is 3. The molecule has 0 saturated heterocycles. The number of carbonyl (C=O) groups excluding carboxylic acids is 2. The van der Waals surface area contributed by atoms with Crippen LogP contribution in [0, 0.1) is 12.8 Å². The van der Waals surface area contributed by atoms with Crippen molar-refractivity contribution < 1.29 is 14.3 Å². The normalized spacial score (nSPS) is 15.8. The van der Waals surface area contributed by atoms with Gasteiger partial charge in [0.2, 0.25) is 5.91 Å². The smallest absolute Gasteiger partial charge is 0.258 e.